The lowest BCUT2D eigenvalue weighted by molar-refractivity contribution is -0.167. The van der Waals surface area contributed by atoms with Crippen LogP contribution < -0.4 is 0 Å². The Hall–Kier alpha value is -3.00. The fourth-order valence-electron chi connectivity index (χ4n) is 2.46. The molecule has 0 unspecified atom stereocenters. The van der Waals surface area contributed by atoms with Gasteiger partial charge >= 0.3 is 35.8 Å². The molecule has 14 heteroatoms. The maximum absolute atomic E-state index is 12.3. The van der Waals surface area contributed by atoms with Gasteiger partial charge in [-0.25, -0.2) is 9.59 Å². The Labute approximate surface area is 236 Å². The van der Waals surface area contributed by atoms with Gasteiger partial charge in [0.05, 0.1) is 39.9 Å². The minimum absolute atomic E-state index is 0.0173. The SMILES string of the molecule is C=CC(=O)OCC(COC(=O)C=C)(COC(=O)CCSCCC(=O)OC)COC(=O)CCSCCC(=O)OC. The zero-order valence-electron chi connectivity index (χ0n) is 22.3. The van der Waals surface area contributed by atoms with Gasteiger partial charge in [-0.2, -0.15) is 23.5 Å². The molecule has 0 spiro atoms. The summed E-state index contributed by atoms with van der Waals surface area (Å²) in [6.07, 6.45) is 2.30. The standard InChI is InChI=1S/C25H36O12S2/c1-5-19(26)34-15-25(16-35-20(27)6-2,17-36-23(30)9-13-38-11-7-21(28)32-3)18-37-24(31)10-14-39-12-8-22(29)33-4/h5-6H,1-2,7-18H2,3-4H3. The zero-order chi connectivity index (χ0) is 29.5. The van der Waals surface area contributed by atoms with Crippen LogP contribution in [0, 0.1) is 5.41 Å². The van der Waals surface area contributed by atoms with Crippen LogP contribution in [0.3, 0.4) is 0 Å². The van der Waals surface area contributed by atoms with Crippen molar-refractivity contribution in [1.29, 1.82) is 0 Å². The molecule has 0 amide bonds. The summed E-state index contributed by atoms with van der Waals surface area (Å²) < 4.78 is 30.1. The van der Waals surface area contributed by atoms with Crippen molar-refractivity contribution >= 4 is 59.3 Å². The molecule has 0 N–H and O–H groups in total. The van der Waals surface area contributed by atoms with Crippen LogP contribution in [0.4, 0.5) is 0 Å². The Morgan fingerprint density at radius 3 is 1.18 bits per heavy atom. The lowest BCUT2D eigenvalue weighted by Crippen LogP contribution is -2.43. The minimum atomic E-state index is -1.40. The first-order chi connectivity index (χ1) is 18.6. The van der Waals surface area contributed by atoms with Gasteiger partial charge in [0.15, 0.2) is 0 Å². The number of thioether (sulfide) groups is 2. The summed E-state index contributed by atoms with van der Waals surface area (Å²) in [5, 5.41) is 0. The van der Waals surface area contributed by atoms with Crippen LogP contribution in [0.2, 0.25) is 0 Å². The van der Waals surface area contributed by atoms with Gasteiger partial charge in [0.1, 0.15) is 31.8 Å². The highest BCUT2D eigenvalue weighted by molar-refractivity contribution is 7.99. The van der Waals surface area contributed by atoms with E-state index in [0.29, 0.717) is 23.0 Å². The second kappa shape index (κ2) is 21.9. The molecule has 0 fully saturated rings. The van der Waals surface area contributed by atoms with Crippen molar-refractivity contribution in [2.24, 2.45) is 5.41 Å². The minimum Gasteiger partial charge on any atom is -0.469 e. The summed E-state index contributed by atoms with van der Waals surface area (Å²) in [5.74, 6) is -1.77. The highest BCUT2D eigenvalue weighted by atomic mass is 32.2. The van der Waals surface area contributed by atoms with E-state index in [4.69, 9.17) is 18.9 Å². The summed E-state index contributed by atoms with van der Waals surface area (Å²) in [6, 6.07) is 0. The van der Waals surface area contributed by atoms with Gasteiger partial charge in [-0.05, 0) is 0 Å². The summed E-state index contributed by atoms with van der Waals surface area (Å²) in [4.78, 5) is 70.4. The van der Waals surface area contributed by atoms with Crippen molar-refractivity contribution in [2.75, 3.05) is 63.7 Å². The van der Waals surface area contributed by atoms with Crippen LogP contribution in [0.1, 0.15) is 25.7 Å². The molecule has 220 valence electrons. The topological polar surface area (TPSA) is 158 Å². The Kier molecular flexibility index (Phi) is 20.2. The van der Waals surface area contributed by atoms with Gasteiger partial charge in [0, 0.05) is 35.2 Å². The van der Waals surface area contributed by atoms with Crippen molar-refractivity contribution in [1.82, 2.24) is 0 Å². The number of hydrogen-bond donors (Lipinski definition) is 0. The molecule has 0 atom stereocenters. The number of ether oxygens (including phenoxy) is 6. The third-order valence-corrected chi connectivity index (χ3v) is 6.68. The highest BCUT2D eigenvalue weighted by Crippen LogP contribution is 2.22. The molecule has 0 heterocycles. The predicted octanol–water partition coefficient (Wildman–Crippen LogP) is 1.89. The summed E-state index contributed by atoms with van der Waals surface area (Å²) in [6.45, 7) is 5.03. The first-order valence-corrected chi connectivity index (χ1v) is 14.1. The Balaban J connectivity index is 5.14. The zero-order valence-corrected chi connectivity index (χ0v) is 23.9. The number of esters is 6. The average Bonchev–Trinajstić information content (AvgIpc) is 2.94. The summed E-state index contributed by atoms with van der Waals surface area (Å²) >= 11 is 2.72. The highest BCUT2D eigenvalue weighted by Gasteiger charge is 2.37. The number of carbonyl (C=O) groups is 6. The lowest BCUT2D eigenvalue weighted by Gasteiger charge is -2.31. The molecule has 0 radical (unpaired) electrons. The van der Waals surface area contributed by atoms with Crippen LogP contribution >= 0.6 is 23.5 Å². The van der Waals surface area contributed by atoms with E-state index in [-0.39, 0.29) is 37.6 Å². The van der Waals surface area contributed by atoms with E-state index in [1.807, 2.05) is 0 Å². The molecule has 0 aromatic heterocycles. The van der Waals surface area contributed by atoms with Crippen LogP contribution in [0.5, 0.6) is 0 Å². The molecule has 0 rings (SSSR count). The number of carbonyl (C=O) groups excluding carboxylic acids is 6. The molecule has 0 aromatic rings. The van der Waals surface area contributed by atoms with Crippen molar-refractivity contribution in [3.8, 4) is 0 Å². The Morgan fingerprint density at radius 2 is 0.872 bits per heavy atom. The molecule has 0 aromatic carbocycles. The quantitative estimate of drug-likeness (QED) is 0.0776. The van der Waals surface area contributed by atoms with Crippen molar-refractivity contribution in [3.05, 3.63) is 25.3 Å². The molecular weight excluding hydrogens is 556 g/mol. The van der Waals surface area contributed by atoms with E-state index < -0.39 is 55.7 Å². The fourth-order valence-corrected chi connectivity index (χ4v) is 4.11. The molecule has 0 aliphatic carbocycles. The van der Waals surface area contributed by atoms with Crippen molar-refractivity contribution in [2.45, 2.75) is 25.7 Å². The van der Waals surface area contributed by atoms with Crippen LogP contribution in [-0.4, -0.2) is 99.5 Å². The molecule has 39 heavy (non-hydrogen) atoms. The average molecular weight is 593 g/mol. The van der Waals surface area contributed by atoms with Gasteiger partial charge in [-0.1, -0.05) is 13.2 Å². The van der Waals surface area contributed by atoms with E-state index in [1.165, 1.54) is 37.7 Å². The molecule has 0 saturated heterocycles. The number of hydrogen-bond acceptors (Lipinski definition) is 14. The molecule has 0 saturated carbocycles. The summed E-state index contributed by atoms with van der Waals surface area (Å²) in [5.41, 5.74) is -1.40. The van der Waals surface area contributed by atoms with E-state index in [0.717, 1.165) is 12.2 Å². The van der Waals surface area contributed by atoms with E-state index in [2.05, 4.69) is 22.6 Å². The van der Waals surface area contributed by atoms with Crippen LogP contribution in [0.25, 0.3) is 0 Å². The fraction of sp³-hybridized carbons (Fsp3) is 0.600. The van der Waals surface area contributed by atoms with Crippen molar-refractivity contribution < 1.29 is 57.2 Å². The Morgan fingerprint density at radius 1 is 0.564 bits per heavy atom. The molecule has 0 bridgehead atoms. The van der Waals surface area contributed by atoms with E-state index in [9.17, 15) is 28.8 Å². The van der Waals surface area contributed by atoms with Gasteiger partial charge in [0.2, 0.25) is 0 Å². The maximum atomic E-state index is 12.3. The molecular formula is C25H36O12S2. The van der Waals surface area contributed by atoms with Gasteiger partial charge in [-0.15, -0.1) is 0 Å². The second-order valence-corrected chi connectivity index (χ2v) is 10.3. The monoisotopic (exact) mass is 592 g/mol. The first kappa shape index (κ1) is 36.0. The maximum Gasteiger partial charge on any atom is 0.330 e. The van der Waals surface area contributed by atoms with E-state index >= 15 is 0 Å². The number of methoxy groups -OCH3 is 2. The molecule has 0 aliphatic heterocycles. The first-order valence-electron chi connectivity index (χ1n) is 11.8. The summed E-state index contributed by atoms with van der Waals surface area (Å²) in [7, 11) is 2.58. The molecule has 12 nitrogen and oxygen atoms in total. The van der Waals surface area contributed by atoms with Gasteiger partial charge in [0.25, 0.3) is 0 Å². The third kappa shape index (κ3) is 18.8. The van der Waals surface area contributed by atoms with Crippen molar-refractivity contribution in [3.63, 3.8) is 0 Å². The largest absolute Gasteiger partial charge is 0.469 e. The van der Waals surface area contributed by atoms with E-state index in [1.54, 1.807) is 0 Å². The number of rotatable bonds is 22. The Bertz CT molecular complexity index is 775. The lowest BCUT2D eigenvalue weighted by atomic mass is 9.92. The predicted molar refractivity (Wildman–Crippen MR) is 144 cm³/mol. The van der Waals surface area contributed by atoms with Gasteiger partial charge < -0.3 is 28.4 Å². The smallest absolute Gasteiger partial charge is 0.330 e. The normalized spacial score (nSPS) is 10.5. The van der Waals surface area contributed by atoms with Crippen LogP contribution in [-0.2, 0) is 57.2 Å². The molecule has 0 aliphatic rings. The second-order valence-electron chi connectivity index (χ2n) is 7.82. The third-order valence-electron chi connectivity index (χ3n) is 4.71. The van der Waals surface area contributed by atoms with Crippen LogP contribution in [0.15, 0.2) is 25.3 Å². The van der Waals surface area contributed by atoms with Gasteiger partial charge in [-0.3, -0.25) is 19.2 Å².